The van der Waals surface area contributed by atoms with Crippen molar-refractivity contribution in [2.45, 2.75) is 26.4 Å². The summed E-state index contributed by atoms with van der Waals surface area (Å²) in [6.45, 7) is 3.76. The van der Waals surface area contributed by atoms with Gasteiger partial charge < -0.3 is 9.47 Å². The van der Waals surface area contributed by atoms with Gasteiger partial charge in [0, 0.05) is 25.8 Å². The molecule has 0 aliphatic carbocycles. The predicted octanol–water partition coefficient (Wildman–Crippen LogP) is 2.80. The van der Waals surface area contributed by atoms with Crippen LogP contribution in [0.5, 0.6) is 0 Å². The number of aryl methyl sites for hydroxylation is 3. The maximum absolute atomic E-state index is 13.4. The fourth-order valence-corrected chi connectivity index (χ4v) is 4.25. The molecule has 0 spiro atoms. The second-order valence-electron chi connectivity index (χ2n) is 7.80. The van der Waals surface area contributed by atoms with Gasteiger partial charge in [-0.15, -0.1) is 0 Å². The molecule has 0 amide bonds. The van der Waals surface area contributed by atoms with E-state index in [1.165, 1.54) is 9.13 Å². The van der Waals surface area contributed by atoms with E-state index in [1.807, 2.05) is 66.1 Å². The second-order valence-corrected chi connectivity index (χ2v) is 7.80. The molecule has 2 aromatic carbocycles. The molecule has 0 saturated carbocycles. The highest BCUT2D eigenvalue weighted by molar-refractivity contribution is 5.77. The highest BCUT2D eigenvalue weighted by Gasteiger charge is 2.26. The zero-order chi connectivity index (χ0) is 20.8. The van der Waals surface area contributed by atoms with Crippen LogP contribution in [0.15, 0.2) is 64.2 Å². The average molecular weight is 401 g/mol. The first-order valence-electron chi connectivity index (χ1n) is 10.1. The molecule has 152 valence electrons. The quantitative estimate of drug-likeness (QED) is 0.530. The molecular formula is C23H23N5O2. The van der Waals surface area contributed by atoms with Gasteiger partial charge in [-0.1, -0.05) is 48.0 Å². The van der Waals surface area contributed by atoms with Crippen molar-refractivity contribution in [2.24, 2.45) is 7.05 Å². The summed E-state index contributed by atoms with van der Waals surface area (Å²) in [5.41, 5.74) is 3.33. The summed E-state index contributed by atoms with van der Waals surface area (Å²) in [6.07, 6.45) is 0.896. The lowest BCUT2D eigenvalue weighted by atomic mass is 10.1. The van der Waals surface area contributed by atoms with E-state index >= 15 is 0 Å². The zero-order valence-corrected chi connectivity index (χ0v) is 17.1. The Labute approximate surface area is 173 Å². The van der Waals surface area contributed by atoms with Crippen LogP contribution in [0.2, 0.25) is 0 Å². The number of hydrogen-bond donors (Lipinski definition) is 0. The summed E-state index contributed by atoms with van der Waals surface area (Å²) in [4.78, 5) is 33.3. The van der Waals surface area contributed by atoms with Crippen molar-refractivity contribution in [1.82, 2.24) is 18.7 Å². The van der Waals surface area contributed by atoms with Gasteiger partial charge in [-0.25, -0.2) is 4.79 Å². The fraction of sp³-hybridized carbons (Fsp3) is 0.261. The number of aromatic nitrogens is 4. The van der Waals surface area contributed by atoms with Crippen molar-refractivity contribution in [1.29, 1.82) is 0 Å². The molecule has 0 fully saturated rings. The SMILES string of the molecule is Cc1cccc(Cn2c(=O)c3c(nc4n3CCCN4c3ccccc3)n(C)c2=O)c1. The Kier molecular flexibility index (Phi) is 4.31. The lowest BCUT2D eigenvalue weighted by Crippen LogP contribution is -2.40. The molecule has 0 unspecified atom stereocenters. The topological polar surface area (TPSA) is 65.1 Å². The summed E-state index contributed by atoms with van der Waals surface area (Å²) in [6, 6.07) is 17.9. The Morgan fingerprint density at radius 1 is 1.00 bits per heavy atom. The number of anilines is 2. The number of rotatable bonds is 3. The molecule has 3 heterocycles. The molecule has 0 atom stereocenters. The molecule has 0 bridgehead atoms. The summed E-state index contributed by atoms with van der Waals surface area (Å²) in [7, 11) is 1.68. The number of hydrogen-bond acceptors (Lipinski definition) is 4. The molecule has 7 heteroatoms. The van der Waals surface area contributed by atoms with Gasteiger partial charge >= 0.3 is 5.69 Å². The third-order valence-electron chi connectivity index (χ3n) is 5.71. The molecule has 0 radical (unpaired) electrons. The van der Waals surface area contributed by atoms with Crippen molar-refractivity contribution >= 4 is 22.8 Å². The lowest BCUT2D eigenvalue weighted by molar-refractivity contribution is 0.597. The summed E-state index contributed by atoms with van der Waals surface area (Å²) in [5, 5.41) is 0. The molecule has 1 aliphatic heterocycles. The van der Waals surface area contributed by atoms with Crippen LogP contribution >= 0.6 is 0 Å². The van der Waals surface area contributed by atoms with Gasteiger partial charge in [-0.05, 0) is 31.0 Å². The van der Waals surface area contributed by atoms with Crippen molar-refractivity contribution in [3.63, 3.8) is 0 Å². The van der Waals surface area contributed by atoms with E-state index in [4.69, 9.17) is 4.98 Å². The van der Waals surface area contributed by atoms with Gasteiger partial charge in [0.2, 0.25) is 5.95 Å². The van der Waals surface area contributed by atoms with Crippen LogP contribution in [-0.2, 0) is 20.1 Å². The van der Waals surface area contributed by atoms with Crippen LogP contribution < -0.4 is 16.1 Å². The van der Waals surface area contributed by atoms with E-state index in [0.29, 0.717) is 23.7 Å². The van der Waals surface area contributed by atoms with E-state index in [-0.39, 0.29) is 17.8 Å². The highest BCUT2D eigenvalue weighted by Crippen LogP contribution is 2.30. The largest absolute Gasteiger partial charge is 0.332 e. The van der Waals surface area contributed by atoms with Crippen molar-refractivity contribution in [3.8, 4) is 0 Å². The molecule has 4 aromatic rings. The minimum atomic E-state index is -0.351. The molecule has 0 N–H and O–H groups in total. The number of para-hydroxylation sites is 1. The molecule has 1 aliphatic rings. The van der Waals surface area contributed by atoms with Crippen LogP contribution in [-0.4, -0.2) is 25.2 Å². The number of nitrogens with zero attached hydrogens (tertiary/aromatic N) is 5. The van der Waals surface area contributed by atoms with E-state index in [0.717, 1.165) is 29.8 Å². The number of fused-ring (bicyclic) bond motifs is 3. The normalized spacial score (nSPS) is 13.6. The zero-order valence-electron chi connectivity index (χ0n) is 17.1. The van der Waals surface area contributed by atoms with E-state index < -0.39 is 0 Å². The summed E-state index contributed by atoms with van der Waals surface area (Å²) in [5.74, 6) is 0.711. The third-order valence-corrected chi connectivity index (χ3v) is 5.71. The minimum absolute atomic E-state index is 0.242. The van der Waals surface area contributed by atoms with Crippen LogP contribution in [0.4, 0.5) is 11.6 Å². The summed E-state index contributed by atoms with van der Waals surface area (Å²) >= 11 is 0. The second kappa shape index (κ2) is 7.02. The van der Waals surface area contributed by atoms with Gasteiger partial charge in [-0.3, -0.25) is 13.9 Å². The lowest BCUT2D eigenvalue weighted by Gasteiger charge is -2.28. The average Bonchev–Trinajstić information content (AvgIpc) is 3.16. The predicted molar refractivity (Wildman–Crippen MR) is 118 cm³/mol. The van der Waals surface area contributed by atoms with E-state index in [2.05, 4.69) is 4.90 Å². The van der Waals surface area contributed by atoms with Gasteiger partial charge in [0.1, 0.15) is 0 Å². The van der Waals surface area contributed by atoms with Crippen molar-refractivity contribution < 1.29 is 0 Å². The number of benzene rings is 2. The standard InChI is InChI=1S/C23H23N5O2/c1-16-8-6-9-17(14-16)15-28-21(29)19-20(25(2)23(28)30)24-22-26(12-7-13-27(19)22)18-10-4-3-5-11-18/h3-6,8-11,14H,7,12-13,15H2,1-2H3. The van der Waals surface area contributed by atoms with Gasteiger partial charge in [-0.2, -0.15) is 4.98 Å². The maximum atomic E-state index is 13.4. The smallest absolute Gasteiger partial charge is 0.312 e. The van der Waals surface area contributed by atoms with Gasteiger partial charge in [0.05, 0.1) is 6.54 Å². The first-order valence-corrected chi connectivity index (χ1v) is 10.1. The van der Waals surface area contributed by atoms with E-state index in [9.17, 15) is 9.59 Å². The van der Waals surface area contributed by atoms with Gasteiger partial charge in [0.15, 0.2) is 11.2 Å². The highest BCUT2D eigenvalue weighted by atomic mass is 16.2. The number of imidazole rings is 1. The fourth-order valence-electron chi connectivity index (χ4n) is 4.25. The molecule has 7 nitrogen and oxygen atoms in total. The first-order chi connectivity index (χ1) is 14.5. The molecule has 0 saturated heterocycles. The molecular weight excluding hydrogens is 378 g/mol. The van der Waals surface area contributed by atoms with Crippen LogP contribution in [0, 0.1) is 6.92 Å². The molecule has 5 rings (SSSR count). The third kappa shape index (κ3) is 2.85. The van der Waals surface area contributed by atoms with Crippen LogP contribution in [0.1, 0.15) is 17.5 Å². The monoisotopic (exact) mass is 401 g/mol. The maximum Gasteiger partial charge on any atom is 0.332 e. The Hall–Kier alpha value is -3.61. The molecule has 2 aromatic heterocycles. The Morgan fingerprint density at radius 3 is 2.57 bits per heavy atom. The van der Waals surface area contributed by atoms with Crippen molar-refractivity contribution in [3.05, 3.63) is 86.6 Å². The van der Waals surface area contributed by atoms with Crippen LogP contribution in [0.25, 0.3) is 11.2 Å². The molecule has 30 heavy (non-hydrogen) atoms. The Morgan fingerprint density at radius 2 is 1.80 bits per heavy atom. The Bertz CT molecular complexity index is 1360. The minimum Gasteiger partial charge on any atom is -0.312 e. The van der Waals surface area contributed by atoms with Crippen molar-refractivity contribution in [2.75, 3.05) is 11.4 Å². The van der Waals surface area contributed by atoms with Gasteiger partial charge in [0.25, 0.3) is 5.56 Å². The Balaban J connectivity index is 1.71. The first kappa shape index (κ1) is 18.4. The summed E-state index contributed by atoms with van der Waals surface area (Å²) < 4.78 is 4.76. The van der Waals surface area contributed by atoms with Crippen LogP contribution in [0.3, 0.4) is 0 Å². The van der Waals surface area contributed by atoms with E-state index in [1.54, 1.807) is 7.05 Å².